The minimum absolute atomic E-state index is 0.439. The molecule has 7 heteroatoms. The number of nitrogens with one attached hydrogen (secondary N) is 1. The van der Waals surface area contributed by atoms with E-state index in [1.807, 2.05) is 42.5 Å². The zero-order valence-corrected chi connectivity index (χ0v) is 14.5. The number of hydrogen-bond acceptors (Lipinski definition) is 7. The molecule has 0 unspecified atom stereocenters. The maximum atomic E-state index is 5.78. The monoisotopic (exact) mass is 358 g/mol. The lowest BCUT2D eigenvalue weighted by molar-refractivity contribution is 0.305. The Morgan fingerprint density at radius 2 is 1.85 bits per heavy atom. The highest BCUT2D eigenvalue weighted by Crippen LogP contribution is 2.20. The molecule has 134 valence electrons. The summed E-state index contributed by atoms with van der Waals surface area (Å²) in [4.78, 5) is 16.7. The van der Waals surface area contributed by atoms with Crippen molar-refractivity contribution in [3.63, 3.8) is 0 Å². The molecule has 0 aliphatic rings. The Hall–Kier alpha value is -3.74. The lowest BCUT2D eigenvalue weighted by Gasteiger charge is -2.10. The summed E-state index contributed by atoms with van der Waals surface area (Å²) in [5, 5.41) is 4.16. The van der Waals surface area contributed by atoms with Crippen LogP contribution in [0.2, 0.25) is 0 Å². The first kappa shape index (κ1) is 16.7. The van der Waals surface area contributed by atoms with Gasteiger partial charge in [0.15, 0.2) is 5.65 Å². The molecule has 3 N–H and O–H groups in total. The highest BCUT2D eigenvalue weighted by Gasteiger charge is 2.05. The van der Waals surface area contributed by atoms with Gasteiger partial charge in [0.2, 0.25) is 0 Å². The molecule has 0 bridgehead atoms. The van der Waals surface area contributed by atoms with Gasteiger partial charge in [-0.1, -0.05) is 18.2 Å². The van der Waals surface area contributed by atoms with Crippen molar-refractivity contribution in [3.8, 4) is 5.75 Å². The van der Waals surface area contributed by atoms with Crippen LogP contribution < -0.4 is 15.8 Å². The number of ether oxygens (including phenoxy) is 1. The number of nitrogens with zero attached hydrogens (tertiary/aromatic N) is 4. The van der Waals surface area contributed by atoms with E-state index >= 15 is 0 Å². The summed E-state index contributed by atoms with van der Waals surface area (Å²) in [5.41, 5.74) is 8.43. The SMILES string of the molecule is Nc1ccc2c(NCc3ccc(OCc4cccnc4)cc3)ncnc2n1. The number of anilines is 2. The predicted octanol–water partition coefficient (Wildman–Crippen LogP) is 3.19. The molecule has 27 heavy (non-hydrogen) atoms. The van der Waals surface area contributed by atoms with Crippen LogP contribution in [0.25, 0.3) is 11.0 Å². The van der Waals surface area contributed by atoms with Crippen LogP contribution in [0.1, 0.15) is 11.1 Å². The molecule has 3 heterocycles. The van der Waals surface area contributed by atoms with E-state index in [0.29, 0.717) is 24.6 Å². The van der Waals surface area contributed by atoms with Crippen LogP contribution in [0, 0.1) is 0 Å². The highest BCUT2D eigenvalue weighted by molar-refractivity contribution is 5.87. The molecule has 0 fully saturated rings. The number of aromatic nitrogens is 4. The Morgan fingerprint density at radius 3 is 2.67 bits per heavy atom. The quantitative estimate of drug-likeness (QED) is 0.546. The van der Waals surface area contributed by atoms with Crippen LogP contribution in [0.5, 0.6) is 5.75 Å². The molecule has 0 aliphatic heterocycles. The van der Waals surface area contributed by atoms with Gasteiger partial charge < -0.3 is 15.8 Å². The van der Waals surface area contributed by atoms with Gasteiger partial charge in [-0.05, 0) is 35.9 Å². The lowest BCUT2D eigenvalue weighted by atomic mass is 10.2. The lowest BCUT2D eigenvalue weighted by Crippen LogP contribution is -2.03. The van der Waals surface area contributed by atoms with Crippen molar-refractivity contribution in [2.75, 3.05) is 11.1 Å². The molecule has 0 spiro atoms. The van der Waals surface area contributed by atoms with Crippen molar-refractivity contribution in [1.29, 1.82) is 0 Å². The van der Waals surface area contributed by atoms with Crippen molar-refractivity contribution >= 4 is 22.7 Å². The minimum atomic E-state index is 0.439. The summed E-state index contributed by atoms with van der Waals surface area (Å²) in [6.07, 6.45) is 5.02. The van der Waals surface area contributed by atoms with E-state index in [0.717, 1.165) is 28.1 Å². The molecule has 1 aromatic carbocycles. The largest absolute Gasteiger partial charge is 0.489 e. The molecule has 0 amide bonds. The second-order valence-electron chi connectivity index (χ2n) is 5.98. The maximum Gasteiger partial charge on any atom is 0.166 e. The van der Waals surface area contributed by atoms with E-state index in [9.17, 15) is 0 Å². The Morgan fingerprint density at radius 1 is 0.963 bits per heavy atom. The Kier molecular flexibility index (Phi) is 4.74. The molecule has 0 saturated heterocycles. The van der Waals surface area contributed by atoms with Gasteiger partial charge in [-0.2, -0.15) is 0 Å². The smallest absolute Gasteiger partial charge is 0.166 e. The number of pyridine rings is 2. The number of nitrogen functional groups attached to an aromatic ring is 1. The van der Waals surface area contributed by atoms with Crippen molar-refractivity contribution in [2.45, 2.75) is 13.2 Å². The third-order valence-corrected chi connectivity index (χ3v) is 4.03. The first-order valence-corrected chi connectivity index (χ1v) is 8.50. The van der Waals surface area contributed by atoms with E-state index in [4.69, 9.17) is 10.5 Å². The van der Waals surface area contributed by atoms with Gasteiger partial charge in [-0.25, -0.2) is 15.0 Å². The molecule has 0 atom stereocenters. The Labute approximate surface area is 156 Å². The second kappa shape index (κ2) is 7.65. The molecule has 3 aromatic heterocycles. The third kappa shape index (κ3) is 4.09. The van der Waals surface area contributed by atoms with Gasteiger partial charge in [0.1, 0.15) is 30.3 Å². The van der Waals surface area contributed by atoms with E-state index in [2.05, 4.69) is 25.3 Å². The van der Waals surface area contributed by atoms with Crippen LogP contribution >= 0.6 is 0 Å². The highest BCUT2D eigenvalue weighted by atomic mass is 16.5. The van der Waals surface area contributed by atoms with E-state index < -0.39 is 0 Å². The fourth-order valence-corrected chi connectivity index (χ4v) is 2.64. The summed E-state index contributed by atoms with van der Waals surface area (Å²) in [6.45, 7) is 1.12. The zero-order valence-electron chi connectivity index (χ0n) is 14.5. The fraction of sp³-hybridized carbons (Fsp3) is 0.100. The molecule has 0 radical (unpaired) electrons. The minimum Gasteiger partial charge on any atom is -0.489 e. The first-order chi connectivity index (χ1) is 13.3. The number of benzene rings is 1. The number of hydrogen-bond donors (Lipinski definition) is 2. The van der Waals surface area contributed by atoms with Crippen molar-refractivity contribution < 1.29 is 4.74 Å². The van der Waals surface area contributed by atoms with E-state index in [1.54, 1.807) is 18.5 Å². The fourth-order valence-electron chi connectivity index (χ4n) is 2.64. The van der Waals surface area contributed by atoms with Gasteiger partial charge in [-0.3, -0.25) is 4.98 Å². The maximum absolute atomic E-state index is 5.78. The Bertz CT molecular complexity index is 1040. The van der Waals surface area contributed by atoms with Crippen LogP contribution in [-0.2, 0) is 13.2 Å². The molecule has 4 rings (SSSR count). The standard InChI is InChI=1S/C20H18N6O/c21-18-8-7-17-19(24-13-25-20(17)26-18)23-11-14-3-5-16(6-4-14)27-12-15-2-1-9-22-10-15/h1-10,13H,11-12H2,(H3,21,23,24,25,26). The zero-order chi connectivity index (χ0) is 18.5. The summed E-state index contributed by atoms with van der Waals surface area (Å²) in [7, 11) is 0. The van der Waals surface area contributed by atoms with E-state index in [-0.39, 0.29) is 0 Å². The van der Waals surface area contributed by atoms with Gasteiger partial charge >= 0.3 is 0 Å². The number of fused-ring (bicyclic) bond motifs is 1. The molecule has 0 saturated carbocycles. The van der Waals surface area contributed by atoms with E-state index in [1.165, 1.54) is 6.33 Å². The van der Waals surface area contributed by atoms with Crippen molar-refractivity contribution in [1.82, 2.24) is 19.9 Å². The van der Waals surface area contributed by atoms with Crippen LogP contribution in [0.3, 0.4) is 0 Å². The summed E-state index contributed by atoms with van der Waals surface area (Å²) >= 11 is 0. The van der Waals surface area contributed by atoms with Gasteiger partial charge in [0, 0.05) is 24.5 Å². The van der Waals surface area contributed by atoms with Gasteiger partial charge in [-0.15, -0.1) is 0 Å². The summed E-state index contributed by atoms with van der Waals surface area (Å²) in [6, 6.07) is 15.4. The molecular weight excluding hydrogens is 340 g/mol. The van der Waals surface area contributed by atoms with Crippen molar-refractivity contribution in [3.05, 3.63) is 78.4 Å². The van der Waals surface area contributed by atoms with Gasteiger partial charge in [0.05, 0.1) is 5.39 Å². The van der Waals surface area contributed by atoms with Crippen molar-refractivity contribution in [2.24, 2.45) is 0 Å². The molecule has 0 aliphatic carbocycles. The second-order valence-corrected chi connectivity index (χ2v) is 5.98. The first-order valence-electron chi connectivity index (χ1n) is 8.50. The third-order valence-electron chi connectivity index (χ3n) is 4.03. The summed E-state index contributed by atoms with van der Waals surface area (Å²) in [5.74, 6) is 1.98. The normalized spacial score (nSPS) is 10.7. The average Bonchev–Trinajstić information content (AvgIpc) is 2.72. The number of rotatable bonds is 6. The van der Waals surface area contributed by atoms with Crippen LogP contribution in [-0.4, -0.2) is 19.9 Å². The average molecular weight is 358 g/mol. The summed E-state index contributed by atoms with van der Waals surface area (Å²) < 4.78 is 5.78. The van der Waals surface area contributed by atoms with Crippen LogP contribution in [0.15, 0.2) is 67.3 Å². The predicted molar refractivity (Wildman–Crippen MR) is 104 cm³/mol. The van der Waals surface area contributed by atoms with Crippen LogP contribution in [0.4, 0.5) is 11.6 Å². The number of nitrogens with two attached hydrogens (primary N) is 1. The Balaban J connectivity index is 1.39. The molecule has 4 aromatic rings. The molecule has 7 nitrogen and oxygen atoms in total. The van der Waals surface area contributed by atoms with Gasteiger partial charge in [0.25, 0.3) is 0 Å². The molecular formula is C20H18N6O. The topological polar surface area (TPSA) is 98.8 Å².